The van der Waals surface area contributed by atoms with Crippen LogP contribution >= 0.6 is 0 Å². The van der Waals surface area contributed by atoms with Gasteiger partial charge in [0.25, 0.3) is 5.60 Å². The Labute approximate surface area is 154 Å². The summed E-state index contributed by atoms with van der Waals surface area (Å²) in [6, 6.07) is 1.71. The molecule has 0 bridgehead atoms. The van der Waals surface area contributed by atoms with Crippen LogP contribution in [-0.2, 0) is 5.60 Å². The molecule has 0 saturated carbocycles. The lowest BCUT2D eigenvalue weighted by Crippen LogP contribution is -2.53. The van der Waals surface area contributed by atoms with E-state index in [9.17, 15) is 49.7 Å². The van der Waals surface area contributed by atoms with Crippen molar-refractivity contribution in [2.24, 2.45) is 0 Å². The summed E-state index contributed by atoms with van der Waals surface area (Å²) in [6.45, 7) is -0.438. The van der Waals surface area contributed by atoms with Gasteiger partial charge >= 0.3 is 18.5 Å². The van der Waals surface area contributed by atoms with Gasteiger partial charge in [-0.05, 0) is 18.6 Å². The average Bonchev–Trinajstić information content (AvgIpc) is 2.50. The molecule has 0 heterocycles. The summed E-state index contributed by atoms with van der Waals surface area (Å²) in [5.41, 5.74) is -7.12. The molecule has 0 aromatic heterocycles. The molecule has 0 spiro atoms. The molecule has 1 unspecified atom stereocenters. The van der Waals surface area contributed by atoms with Crippen molar-refractivity contribution < 1.29 is 49.7 Å². The summed E-state index contributed by atoms with van der Waals surface area (Å²) in [7, 11) is 0. The van der Waals surface area contributed by atoms with E-state index in [0.717, 1.165) is 0 Å². The lowest BCUT2D eigenvalue weighted by molar-refractivity contribution is -0.376. The second kappa shape index (κ2) is 8.36. The molecule has 12 heteroatoms. The zero-order valence-corrected chi connectivity index (χ0v) is 14.5. The second-order valence-electron chi connectivity index (χ2n) is 6.19. The molecule has 2 N–H and O–H groups in total. The maximum Gasteiger partial charge on any atom is 0.430 e. The Morgan fingerprint density at radius 2 is 1.36 bits per heavy atom. The van der Waals surface area contributed by atoms with Crippen LogP contribution in [0.3, 0.4) is 0 Å². The van der Waals surface area contributed by atoms with E-state index in [4.69, 9.17) is 0 Å². The highest BCUT2D eigenvalue weighted by molar-refractivity contribution is 5.49. The third-order valence-electron chi connectivity index (χ3n) is 3.89. The van der Waals surface area contributed by atoms with E-state index in [2.05, 4.69) is 0 Å². The molecule has 0 aliphatic carbocycles. The third-order valence-corrected chi connectivity index (χ3v) is 3.89. The molecule has 0 aliphatic heterocycles. The number of rotatable bonds is 7. The largest absolute Gasteiger partial charge is 0.430 e. The van der Waals surface area contributed by atoms with Crippen LogP contribution in [0.5, 0.6) is 0 Å². The SMILES string of the molecule is CCCC(O)CN(CC(F)(F)F)c1ccc(C(O)(C(F)(F)F)C(F)(F)F)cc1. The number of benzene rings is 1. The van der Waals surface area contributed by atoms with E-state index in [0.29, 0.717) is 23.5 Å². The van der Waals surface area contributed by atoms with Crippen molar-refractivity contribution in [2.75, 3.05) is 18.0 Å². The van der Waals surface area contributed by atoms with Crippen molar-refractivity contribution >= 4 is 5.69 Å². The minimum absolute atomic E-state index is 0.147. The van der Waals surface area contributed by atoms with Gasteiger partial charge in [-0.1, -0.05) is 25.5 Å². The molecule has 1 atom stereocenters. The number of hydrogen-bond acceptors (Lipinski definition) is 3. The molecule has 0 radical (unpaired) electrons. The van der Waals surface area contributed by atoms with Gasteiger partial charge in [0.15, 0.2) is 0 Å². The van der Waals surface area contributed by atoms with E-state index < -0.39 is 48.9 Å². The second-order valence-corrected chi connectivity index (χ2v) is 6.19. The number of nitrogens with zero attached hydrogens (tertiary/aromatic N) is 1. The molecule has 28 heavy (non-hydrogen) atoms. The minimum atomic E-state index is -6.10. The van der Waals surface area contributed by atoms with E-state index >= 15 is 0 Å². The Morgan fingerprint density at radius 3 is 1.71 bits per heavy atom. The maximum atomic E-state index is 12.9. The summed E-state index contributed by atoms with van der Waals surface area (Å²) < 4.78 is 115. The molecular formula is C16H18F9NO2. The van der Waals surface area contributed by atoms with Crippen molar-refractivity contribution in [1.82, 2.24) is 0 Å². The van der Waals surface area contributed by atoms with E-state index in [1.807, 2.05) is 0 Å². The predicted molar refractivity (Wildman–Crippen MR) is 81.6 cm³/mol. The average molecular weight is 427 g/mol. The Morgan fingerprint density at radius 1 is 0.893 bits per heavy atom. The highest BCUT2D eigenvalue weighted by atomic mass is 19.4. The number of aliphatic hydroxyl groups is 2. The fourth-order valence-electron chi connectivity index (χ4n) is 2.56. The van der Waals surface area contributed by atoms with Crippen LogP contribution in [0.4, 0.5) is 45.2 Å². The lowest BCUT2D eigenvalue weighted by atomic mass is 9.92. The number of hydrogen-bond donors (Lipinski definition) is 2. The van der Waals surface area contributed by atoms with Crippen molar-refractivity contribution in [3.63, 3.8) is 0 Å². The van der Waals surface area contributed by atoms with E-state index in [1.54, 1.807) is 6.92 Å². The van der Waals surface area contributed by atoms with Crippen molar-refractivity contribution in [1.29, 1.82) is 0 Å². The molecule has 1 rings (SSSR count). The monoisotopic (exact) mass is 427 g/mol. The summed E-state index contributed by atoms with van der Waals surface area (Å²) in [4.78, 5) is 0.588. The lowest BCUT2D eigenvalue weighted by Gasteiger charge is -2.33. The van der Waals surface area contributed by atoms with Gasteiger partial charge < -0.3 is 15.1 Å². The Balaban J connectivity index is 3.28. The van der Waals surface area contributed by atoms with E-state index in [-0.39, 0.29) is 24.2 Å². The molecule has 0 amide bonds. The fraction of sp³-hybridized carbons (Fsp3) is 0.625. The fourth-order valence-corrected chi connectivity index (χ4v) is 2.56. The topological polar surface area (TPSA) is 43.7 Å². The number of aliphatic hydroxyl groups excluding tert-OH is 1. The van der Waals surface area contributed by atoms with Gasteiger partial charge in [-0.15, -0.1) is 0 Å². The molecule has 3 nitrogen and oxygen atoms in total. The van der Waals surface area contributed by atoms with Gasteiger partial charge in [-0.2, -0.15) is 39.5 Å². The quantitative estimate of drug-likeness (QED) is 0.629. The number of alkyl halides is 9. The summed E-state index contributed by atoms with van der Waals surface area (Å²) >= 11 is 0. The molecular weight excluding hydrogens is 409 g/mol. The van der Waals surface area contributed by atoms with Crippen LogP contribution in [-0.4, -0.2) is 47.9 Å². The number of anilines is 1. The van der Waals surface area contributed by atoms with E-state index in [1.165, 1.54) is 0 Å². The van der Waals surface area contributed by atoms with Gasteiger partial charge in [0, 0.05) is 17.8 Å². The van der Waals surface area contributed by atoms with Gasteiger partial charge in [0.05, 0.1) is 6.10 Å². The normalized spacial score (nSPS) is 14.9. The summed E-state index contributed by atoms with van der Waals surface area (Å²) in [5.74, 6) is 0. The first kappa shape index (κ1) is 24.3. The number of halogens is 9. The van der Waals surface area contributed by atoms with Crippen molar-refractivity contribution in [3.05, 3.63) is 29.8 Å². The summed E-state index contributed by atoms with van der Waals surface area (Å²) in [5, 5.41) is 19.0. The van der Waals surface area contributed by atoms with Crippen molar-refractivity contribution in [3.8, 4) is 0 Å². The summed E-state index contributed by atoms with van der Waals surface area (Å²) in [6.07, 6.45) is -17.5. The highest BCUT2D eigenvalue weighted by Gasteiger charge is 2.71. The Bertz CT molecular complexity index is 609. The predicted octanol–water partition coefficient (Wildman–Crippen LogP) is 4.53. The maximum absolute atomic E-state index is 12.9. The van der Waals surface area contributed by atoms with Gasteiger partial charge in [0.2, 0.25) is 0 Å². The van der Waals surface area contributed by atoms with Crippen LogP contribution < -0.4 is 4.90 Å². The van der Waals surface area contributed by atoms with Gasteiger partial charge in [0.1, 0.15) is 6.54 Å². The van der Waals surface area contributed by atoms with Gasteiger partial charge in [-0.25, -0.2) is 0 Å². The van der Waals surface area contributed by atoms with Crippen LogP contribution in [0.25, 0.3) is 0 Å². The van der Waals surface area contributed by atoms with Crippen molar-refractivity contribution in [2.45, 2.75) is 50.0 Å². The van der Waals surface area contributed by atoms with Crippen LogP contribution in [0.1, 0.15) is 25.3 Å². The first-order chi connectivity index (χ1) is 12.5. The Kier molecular flexibility index (Phi) is 7.27. The zero-order valence-electron chi connectivity index (χ0n) is 14.5. The zero-order chi connectivity index (χ0) is 22.0. The molecule has 0 fully saturated rings. The van der Waals surface area contributed by atoms with Crippen LogP contribution in [0, 0.1) is 0 Å². The molecule has 1 aromatic rings. The molecule has 162 valence electrons. The Hall–Kier alpha value is -1.69. The third kappa shape index (κ3) is 5.66. The first-order valence-corrected chi connectivity index (χ1v) is 7.99. The standard InChI is InChI=1S/C16H18F9NO2/c1-2-3-12(27)8-26(9-13(17,18)19)11-6-4-10(5-7-11)14(28,15(20,21)22)16(23,24)25/h4-7,12,27-28H,2-3,8-9H2,1H3. The molecule has 1 aromatic carbocycles. The smallest absolute Gasteiger partial charge is 0.391 e. The van der Waals surface area contributed by atoms with Crippen LogP contribution in [0.2, 0.25) is 0 Å². The molecule has 0 saturated heterocycles. The minimum Gasteiger partial charge on any atom is -0.391 e. The molecule has 0 aliphatic rings. The highest BCUT2D eigenvalue weighted by Crippen LogP contribution is 2.50. The van der Waals surface area contributed by atoms with Crippen LogP contribution in [0.15, 0.2) is 24.3 Å². The first-order valence-electron chi connectivity index (χ1n) is 7.99. The van der Waals surface area contributed by atoms with Gasteiger partial charge in [-0.3, -0.25) is 0 Å².